The molecule has 0 aromatic carbocycles. The van der Waals surface area contributed by atoms with Gasteiger partial charge in [-0.1, -0.05) is 6.07 Å². The van der Waals surface area contributed by atoms with Crippen molar-refractivity contribution < 1.29 is 0 Å². The van der Waals surface area contributed by atoms with E-state index >= 15 is 0 Å². The van der Waals surface area contributed by atoms with Gasteiger partial charge in [-0.3, -0.25) is 14.6 Å². The van der Waals surface area contributed by atoms with Crippen molar-refractivity contribution in [2.45, 2.75) is 60.7 Å². The molecule has 0 aliphatic rings. The van der Waals surface area contributed by atoms with E-state index in [4.69, 9.17) is 0 Å². The summed E-state index contributed by atoms with van der Waals surface area (Å²) in [6.07, 6.45) is 1.95. The fraction of sp³-hybridized carbons (Fsp3) is 0.556. The van der Waals surface area contributed by atoms with E-state index in [1.807, 2.05) is 6.20 Å². The maximum Gasteiger partial charge on any atom is 0.0641 e. The van der Waals surface area contributed by atoms with Crippen molar-refractivity contribution in [3.05, 3.63) is 46.0 Å². The summed E-state index contributed by atoms with van der Waals surface area (Å²) in [6, 6.07) is 2.60. The van der Waals surface area contributed by atoms with Gasteiger partial charge in [-0.05, 0) is 59.7 Å². The molecule has 2 aromatic heterocycles. The molecule has 2 rings (SSSR count). The molecule has 2 heterocycles. The zero-order chi connectivity index (χ0) is 16.4. The number of rotatable bonds is 5. The molecule has 0 saturated heterocycles. The first kappa shape index (κ1) is 16.7. The van der Waals surface area contributed by atoms with E-state index in [1.165, 1.54) is 22.4 Å². The van der Waals surface area contributed by atoms with Gasteiger partial charge in [-0.15, -0.1) is 0 Å². The van der Waals surface area contributed by atoms with Gasteiger partial charge < -0.3 is 0 Å². The third-order valence-electron chi connectivity index (χ3n) is 4.14. The molecule has 22 heavy (non-hydrogen) atoms. The highest BCUT2D eigenvalue weighted by Crippen LogP contribution is 2.19. The number of nitrogens with zero attached hydrogens (tertiary/aromatic N) is 4. The van der Waals surface area contributed by atoms with Crippen LogP contribution in [-0.4, -0.2) is 26.7 Å². The van der Waals surface area contributed by atoms with Crippen LogP contribution in [0.1, 0.15) is 53.7 Å². The fourth-order valence-electron chi connectivity index (χ4n) is 2.92. The van der Waals surface area contributed by atoms with Crippen molar-refractivity contribution in [1.29, 1.82) is 0 Å². The Morgan fingerprint density at radius 2 is 1.82 bits per heavy atom. The van der Waals surface area contributed by atoms with Crippen molar-refractivity contribution in [3.8, 4) is 0 Å². The summed E-state index contributed by atoms with van der Waals surface area (Å²) in [4.78, 5) is 6.89. The Hall–Kier alpha value is -1.68. The molecule has 0 saturated carbocycles. The molecule has 0 fully saturated rings. The lowest BCUT2D eigenvalue weighted by Crippen LogP contribution is -2.19. The molecule has 0 radical (unpaired) electrons. The second-order valence-corrected chi connectivity index (χ2v) is 6.64. The standard InChI is InChI=1S/C18H28N4/c1-12(2)22-16(6)17(15(5)20-22)10-21(7)11-18-14(4)8-13(3)9-19-18/h8-9,12H,10-11H2,1-7H3. The molecular weight excluding hydrogens is 272 g/mol. The molecule has 0 N–H and O–H groups in total. The summed E-state index contributed by atoms with van der Waals surface area (Å²) in [5.74, 6) is 0. The first-order chi connectivity index (χ1) is 10.3. The number of aryl methyl sites for hydroxylation is 3. The SMILES string of the molecule is Cc1cnc(CN(C)Cc2c(C)nn(C(C)C)c2C)c(C)c1. The molecule has 4 nitrogen and oxygen atoms in total. The van der Waals surface area contributed by atoms with Gasteiger partial charge in [-0.2, -0.15) is 5.10 Å². The highest BCUT2D eigenvalue weighted by molar-refractivity contribution is 5.26. The molecule has 0 bridgehead atoms. The van der Waals surface area contributed by atoms with Crippen LogP contribution in [0, 0.1) is 27.7 Å². The topological polar surface area (TPSA) is 34.0 Å². The number of aromatic nitrogens is 3. The Balaban J connectivity index is 2.14. The van der Waals surface area contributed by atoms with Gasteiger partial charge >= 0.3 is 0 Å². The van der Waals surface area contributed by atoms with Gasteiger partial charge in [-0.25, -0.2) is 0 Å². The van der Waals surface area contributed by atoms with E-state index in [-0.39, 0.29) is 0 Å². The second kappa shape index (κ2) is 6.61. The maximum absolute atomic E-state index is 4.67. The van der Waals surface area contributed by atoms with Crippen LogP contribution in [0.5, 0.6) is 0 Å². The Morgan fingerprint density at radius 1 is 1.14 bits per heavy atom. The van der Waals surface area contributed by atoms with Gasteiger partial charge in [0.05, 0.1) is 11.4 Å². The molecule has 0 spiro atoms. The van der Waals surface area contributed by atoms with E-state index in [2.05, 4.69) is 74.3 Å². The highest BCUT2D eigenvalue weighted by Gasteiger charge is 2.15. The third-order valence-corrected chi connectivity index (χ3v) is 4.14. The van der Waals surface area contributed by atoms with Crippen molar-refractivity contribution in [2.24, 2.45) is 0 Å². The lowest BCUT2D eigenvalue weighted by atomic mass is 10.1. The van der Waals surface area contributed by atoms with E-state index in [9.17, 15) is 0 Å². The van der Waals surface area contributed by atoms with E-state index in [0.717, 1.165) is 24.5 Å². The number of hydrogen-bond acceptors (Lipinski definition) is 3. The van der Waals surface area contributed by atoms with E-state index < -0.39 is 0 Å². The Kier molecular flexibility index (Phi) is 5.01. The highest BCUT2D eigenvalue weighted by atomic mass is 15.3. The first-order valence-corrected chi connectivity index (χ1v) is 7.94. The lowest BCUT2D eigenvalue weighted by Gasteiger charge is -2.18. The molecule has 0 aliphatic heterocycles. The van der Waals surface area contributed by atoms with Crippen LogP contribution >= 0.6 is 0 Å². The van der Waals surface area contributed by atoms with Crippen LogP contribution in [0.3, 0.4) is 0 Å². The summed E-state index contributed by atoms with van der Waals surface area (Å²) in [5, 5.41) is 4.67. The molecule has 120 valence electrons. The normalized spacial score (nSPS) is 11.7. The van der Waals surface area contributed by atoms with Crippen molar-refractivity contribution in [1.82, 2.24) is 19.7 Å². The summed E-state index contributed by atoms with van der Waals surface area (Å²) < 4.78 is 2.12. The predicted molar refractivity (Wildman–Crippen MR) is 91.0 cm³/mol. The summed E-state index contributed by atoms with van der Waals surface area (Å²) in [5.41, 5.74) is 7.37. The molecule has 0 unspecified atom stereocenters. The minimum Gasteiger partial charge on any atom is -0.296 e. The summed E-state index contributed by atoms with van der Waals surface area (Å²) in [7, 11) is 2.15. The minimum atomic E-state index is 0.402. The van der Waals surface area contributed by atoms with Crippen LogP contribution in [0.4, 0.5) is 0 Å². The van der Waals surface area contributed by atoms with Crippen molar-refractivity contribution in [2.75, 3.05) is 7.05 Å². The zero-order valence-corrected chi connectivity index (χ0v) is 14.9. The Morgan fingerprint density at radius 3 is 2.36 bits per heavy atom. The molecule has 0 aliphatic carbocycles. The van der Waals surface area contributed by atoms with Gasteiger partial charge in [0.15, 0.2) is 0 Å². The van der Waals surface area contributed by atoms with Gasteiger partial charge in [0, 0.05) is 36.6 Å². The van der Waals surface area contributed by atoms with Crippen molar-refractivity contribution >= 4 is 0 Å². The number of hydrogen-bond donors (Lipinski definition) is 0. The third kappa shape index (κ3) is 3.55. The second-order valence-electron chi connectivity index (χ2n) is 6.64. The van der Waals surface area contributed by atoms with Crippen LogP contribution in [0.2, 0.25) is 0 Å². The first-order valence-electron chi connectivity index (χ1n) is 7.94. The monoisotopic (exact) mass is 300 g/mol. The van der Waals surface area contributed by atoms with Gasteiger partial charge in [0.25, 0.3) is 0 Å². The molecule has 2 aromatic rings. The molecule has 0 atom stereocenters. The largest absolute Gasteiger partial charge is 0.296 e. The minimum absolute atomic E-state index is 0.402. The Labute approximate surface area is 134 Å². The lowest BCUT2D eigenvalue weighted by molar-refractivity contribution is 0.312. The van der Waals surface area contributed by atoms with Crippen LogP contribution in [-0.2, 0) is 13.1 Å². The van der Waals surface area contributed by atoms with Gasteiger partial charge in [0.2, 0.25) is 0 Å². The van der Waals surface area contributed by atoms with Crippen LogP contribution < -0.4 is 0 Å². The quantitative estimate of drug-likeness (QED) is 0.844. The average Bonchev–Trinajstić information content (AvgIpc) is 2.70. The molecular formula is C18H28N4. The zero-order valence-electron chi connectivity index (χ0n) is 14.9. The summed E-state index contributed by atoms with van der Waals surface area (Å²) in [6.45, 7) is 14.6. The average molecular weight is 300 g/mol. The fourth-order valence-corrected chi connectivity index (χ4v) is 2.92. The van der Waals surface area contributed by atoms with Crippen molar-refractivity contribution in [3.63, 3.8) is 0 Å². The Bertz CT molecular complexity index is 655. The maximum atomic E-state index is 4.67. The van der Waals surface area contributed by atoms with E-state index in [0.29, 0.717) is 6.04 Å². The van der Waals surface area contributed by atoms with Gasteiger partial charge in [0.1, 0.15) is 0 Å². The van der Waals surface area contributed by atoms with Crippen LogP contribution in [0.25, 0.3) is 0 Å². The van der Waals surface area contributed by atoms with Crippen LogP contribution in [0.15, 0.2) is 12.3 Å². The smallest absolute Gasteiger partial charge is 0.0641 e. The molecule has 0 amide bonds. The number of pyridine rings is 1. The summed E-state index contributed by atoms with van der Waals surface area (Å²) >= 11 is 0. The molecule has 4 heteroatoms. The predicted octanol–water partition coefficient (Wildman–Crippen LogP) is 3.72. The van der Waals surface area contributed by atoms with E-state index in [1.54, 1.807) is 0 Å².